The number of aromatic nitrogens is 2. The van der Waals surface area contributed by atoms with Gasteiger partial charge >= 0.3 is 12.0 Å². The summed E-state index contributed by atoms with van der Waals surface area (Å²) in [7, 11) is 1.63. The van der Waals surface area contributed by atoms with Crippen molar-refractivity contribution in [3.63, 3.8) is 0 Å². The van der Waals surface area contributed by atoms with Gasteiger partial charge in [-0.2, -0.15) is 0 Å². The number of carboxylic acid groups (broad SMARTS) is 1. The van der Waals surface area contributed by atoms with Crippen molar-refractivity contribution in [2.24, 2.45) is 0 Å². The fraction of sp³-hybridized carbons (Fsp3) is 0.350. The minimum Gasteiger partial charge on any atom is -0.480 e. The van der Waals surface area contributed by atoms with Gasteiger partial charge in [0.1, 0.15) is 6.04 Å². The predicted molar refractivity (Wildman–Crippen MR) is 110 cm³/mol. The molecule has 0 aliphatic rings. The van der Waals surface area contributed by atoms with Crippen molar-refractivity contribution in [3.05, 3.63) is 52.1 Å². The van der Waals surface area contributed by atoms with E-state index in [1.165, 1.54) is 4.90 Å². The van der Waals surface area contributed by atoms with Gasteiger partial charge in [-0.15, -0.1) is 11.3 Å². The topological polar surface area (TPSA) is 98.3 Å². The fourth-order valence-corrected chi connectivity index (χ4v) is 3.78. The zero-order valence-electron chi connectivity index (χ0n) is 16.1. The van der Waals surface area contributed by atoms with Crippen molar-refractivity contribution in [1.29, 1.82) is 0 Å². The Bertz CT molecular complexity index is 979. The van der Waals surface area contributed by atoms with E-state index in [9.17, 15) is 14.7 Å². The molecule has 1 atom stereocenters. The van der Waals surface area contributed by atoms with Crippen LogP contribution in [0, 0.1) is 0 Å². The molecule has 0 unspecified atom stereocenters. The number of para-hydroxylation sites is 1. The molecular weight excluding hydrogens is 376 g/mol. The van der Waals surface area contributed by atoms with E-state index in [4.69, 9.17) is 0 Å². The lowest BCUT2D eigenvalue weighted by Gasteiger charge is -2.20. The second-order valence-corrected chi connectivity index (χ2v) is 7.98. The molecule has 28 heavy (non-hydrogen) atoms. The molecule has 0 aliphatic heterocycles. The highest BCUT2D eigenvalue weighted by molar-refractivity contribution is 7.09. The zero-order valence-corrected chi connectivity index (χ0v) is 16.9. The third-order valence-electron chi connectivity index (χ3n) is 4.50. The summed E-state index contributed by atoms with van der Waals surface area (Å²) < 4.78 is 0. The number of nitrogens with zero attached hydrogens (tertiary/aromatic N) is 2. The van der Waals surface area contributed by atoms with Gasteiger partial charge in [0.2, 0.25) is 0 Å². The summed E-state index contributed by atoms with van der Waals surface area (Å²) in [6.45, 7) is 4.47. The number of carbonyl (C=O) groups is 2. The van der Waals surface area contributed by atoms with E-state index in [2.05, 4.69) is 29.1 Å². The minimum atomic E-state index is -1.07. The standard InChI is InChI=1S/C20H24N4O3S/c1-12(2)18-22-14(11-28-18)10-24(3)20(27)23-17(19(25)26)8-13-9-21-16-7-5-4-6-15(13)16/h4-7,9,11-12,17,21H,8,10H2,1-3H3,(H,23,27)(H,25,26)/t17-/m0/s1. The largest absolute Gasteiger partial charge is 0.480 e. The van der Waals surface area contributed by atoms with Gasteiger partial charge in [0, 0.05) is 41.9 Å². The Kier molecular flexibility index (Phi) is 5.99. The fourth-order valence-electron chi connectivity index (χ4n) is 2.95. The van der Waals surface area contributed by atoms with Crippen molar-refractivity contribution in [1.82, 2.24) is 20.2 Å². The number of nitrogens with one attached hydrogen (secondary N) is 2. The van der Waals surface area contributed by atoms with Gasteiger partial charge in [-0.1, -0.05) is 32.0 Å². The lowest BCUT2D eigenvalue weighted by atomic mass is 10.1. The first-order chi connectivity index (χ1) is 13.3. The smallest absolute Gasteiger partial charge is 0.326 e. The summed E-state index contributed by atoms with van der Waals surface area (Å²) in [6, 6.07) is 6.23. The SMILES string of the molecule is CC(C)c1nc(CN(C)C(=O)N[C@@H](Cc2c[nH]c3ccccc23)C(=O)O)cs1. The van der Waals surface area contributed by atoms with Gasteiger partial charge in [0.25, 0.3) is 0 Å². The summed E-state index contributed by atoms with van der Waals surface area (Å²) in [5, 5.41) is 16.1. The molecule has 148 valence electrons. The number of amides is 2. The molecule has 3 N–H and O–H groups in total. The highest BCUT2D eigenvalue weighted by atomic mass is 32.1. The van der Waals surface area contributed by atoms with E-state index in [0.29, 0.717) is 12.5 Å². The number of H-pyrrole nitrogens is 1. The number of fused-ring (bicyclic) bond motifs is 1. The second-order valence-electron chi connectivity index (χ2n) is 7.09. The Hall–Kier alpha value is -2.87. The maximum Gasteiger partial charge on any atom is 0.326 e. The van der Waals surface area contributed by atoms with E-state index in [-0.39, 0.29) is 6.42 Å². The van der Waals surface area contributed by atoms with Crippen LogP contribution in [0.25, 0.3) is 10.9 Å². The number of hydrogen-bond acceptors (Lipinski definition) is 4. The molecule has 3 rings (SSSR count). The zero-order chi connectivity index (χ0) is 20.3. The van der Waals surface area contributed by atoms with Gasteiger partial charge in [0.05, 0.1) is 17.2 Å². The van der Waals surface area contributed by atoms with Crippen molar-refractivity contribution in [2.45, 2.75) is 38.8 Å². The molecule has 8 heteroatoms. The van der Waals surface area contributed by atoms with E-state index in [1.807, 2.05) is 29.6 Å². The lowest BCUT2D eigenvalue weighted by molar-refractivity contribution is -0.139. The van der Waals surface area contributed by atoms with Crippen LogP contribution in [0.2, 0.25) is 0 Å². The predicted octanol–water partition coefficient (Wildman–Crippen LogP) is 3.59. The van der Waals surface area contributed by atoms with Gasteiger partial charge in [-0.05, 0) is 11.6 Å². The maximum atomic E-state index is 12.5. The number of aromatic amines is 1. The second kappa shape index (κ2) is 8.43. The number of aliphatic carboxylic acids is 1. The molecule has 2 aromatic heterocycles. The summed E-state index contributed by atoms with van der Waals surface area (Å²) in [5.41, 5.74) is 2.59. The van der Waals surface area contributed by atoms with E-state index in [0.717, 1.165) is 27.2 Å². The number of benzene rings is 1. The maximum absolute atomic E-state index is 12.5. The van der Waals surface area contributed by atoms with Crippen LogP contribution in [-0.2, 0) is 17.8 Å². The molecule has 0 bridgehead atoms. The van der Waals surface area contributed by atoms with Crippen LogP contribution in [0.3, 0.4) is 0 Å². The van der Waals surface area contributed by atoms with Crippen LogP contribution in [0.15, 0.2) is 35.8 Å². The lowest BCUT2D eigenvalue weighted by Crippen LogP contribution is -2.47. The number of rotatable bonds is 7. The van der Waals surface area contributed by atoms with Crippen molar-refractivity contribution in [3.8, 4) is 0 Å². The first kappa shape index (κ1) is 19.9. The van der Waals surface area contributed by atoms with Crippen molar-refractivity contribution in [2.75, 3.05) is 7.05 Å². The Balaban J connectivity index is 1.65. The Morgan fingerprint density at radius 3 is 2.75 bits per heavy atom. The Morgan fingerprint density at radius 2 is 2.07 bits per heavy atom. The van der Waals surface area contributed by atoms with Crippen molar-refractivity contribution < 1.29 is 14.7 Å². The van der Waals surface area contributed by atoms with Crippen LogP contribution >= 0.6 is 11.3 Å². The quantitative estimate of drug-likeness (QED) is 0.564. The van der Waals surface area contributed by atoms with Crippen LogP contribution < -0.4 is 5.32 Å². The first-order valence-corrected chi connectivity index (χ1v) is 9.97. The molecule has 2 amide bonds. The molecule has 0 saturated carbocycles. The third-order valence-corrected chi connectivity index (χ3v) is 5.70. The van der Waals surface area contributed by atoms with E-state index in [1.54, 1.807) is 24.6 Å². The first-order valence-electron chi connectivity index (χ1n) is 9.09. The van der Waals surface area contributed by atoms with Crippen molar-refractivity contribution >= 4 is 34.2 Å². The molecular formula is C20H24N4O3S. The molecule has 7 nitrogen and oxygen atoms in total. The summed E-state index contributed by atoms with van der Waals surface area (Å²) in [4.78, 5) is 33.3. The number of urea groups is 1. The molecule has 0 spiro atoms. The average molecular weight is 401 g/mol. The number of carboxylic acids is 1. The number of hydrogen-bond donors (Lipinski definition) is 3. The van der Waals surface area contributed by atoms with Crippen LogP contribution in [-0.4, -0.2) is 45.1 Å². The molecule has 2 heterocycles. The molecule has 0 saturated heterocycles. The molecule has 1 aromatic carbocycles. The monoisotopic (exact) mass is 400 g/mol. The van der Waals surface area contributed by atoms with E-state index < -0.39 is 18.0 Å². The van der Waals surface area contributed by atoms with Crippen LogP contribution in [0.4, 0.5) is 4.79 Å². The number of carbonyl (C=O) groups excluding carboxylic acids is 1. The summed E-state index contributed by atoms with van der Waals surface area (Å²) in [5.74, 6) is -0.728. The summed E-state index contributed by atoms with van der Waals surface area (Å²) >= 11 is 1.57. The van der Waals surface area contributed by atoms with Gasteiger partial charge < -0.3 is 20.3 Å². The Labute approximate surface area is 167 Å². The number of thiazole rings is 1. The average Bonchev–Trinajstić information content (AvgIpc) is 3.28. The molecule has 3 aromatic rings. The summed E-state index contributed by atoms with van der Waals surface area (Å²) in [6.07, 6.45) is 1.99. The molecule has 0 aliphatic carbocycles. The van der Waals surface area contributed by atoms with Crippen LogP contribution in [0.1, 0.15) is 36.0 Å². The van der Waals surface area contributed by atoms with Gasteiger partial charge in [-0.3, -0.25) is 0 Å². The Morgan fingerprint density at radius 1 is 1.32 bits per heavy atom. The minimum absolute atomic E-state index is 0.202. The molecule has 0 radical (unpaired) electrons. The third kappa shape index (κ3) is 4.51. The normalized spacial score (nSPS) is 12.3. The van der Waals surface area contributed by atoms with Gasteiger partial charge in [0.15, 0.2) is 0 Å². The van der Waals surface area contributed by atoms with Crippen LogP contribution in [0.5, 0.6) is 0 Å². The van der Waals surface area contributed by atoms with Gasteiger partial charge in [-0.25, -0.2) is 14.6 Å². The molecule has 0 fully saturated rings. The highest BCUT2D eigenvalue weighted by Gasteiger charge is 2.24. The van der Waals surface area contributed by atoms with E-state index >= 15 is 0 Å². The highest BCUT2D eigenvalue weighted by Crippen LogP contribution is 2.21.